The van der Waals surface area contributed by atoms with Gasteiger partial charge in [-0.05, 0) is 35.4 Å². The van der Waals surface area contributed by atoms with Crippen molar-refractivity contribution in [2.24, 2.45) is 4.99 Å². The van der Waals surface area contributed by atoms with E-state index in [-0.39, 0.29) is 0 Å². The van der Waals surface area contributed by atoms with Gasteiger partial charge in [0.05, 0.1) is 20.0 Å². The van der Waals surface area contributed by atoms with Crippen molar-refractivity contribution < 1.29 is 9.47 Å². The molecule has 0 aliphatic carbocycles. The number of imidazole rings is 1. The van der Waals surface area contributed by atoms with Gasteiger partial charge in [-0.25, -0.2) is 4.98 Å². The molecule has 0 unspecified atom stereocenters. The van der Waals surface area contributed by atoms with E-state index in [1.165, 1.54) is 11.1 Å². The highest BCUT2D eigenvalue weighted by Gasteiger charge is 2.01. The maximum Gasteiger partial charge on any atom is 0.191 e. The molecular formula is C22H27N5O2. The first kappa shape index (κ1) is 20.3. The van der Waals surface area contributed by atoms with E-state index in [4.69, 9.17) is 9.47 Å². The number of hydrogen-bond donors (Lipinski definition) is 2. The maximum absolute atomic E-state index is 5.72. The van der Waals surface area contributed by atoms with Gasteiger partial charge in [0.15, 0.2) is 5.96 Å². The highest BCUT2D eigenvalue weighted by Crippen LogP contribution is 2.16. The molecule has 2 N–H and O–H groups in total. The summed E-state index contributed by atoms with van der Waals surface area (Å²) < 4.78 is 12.9. The van der Waals surface area contributed by atoms with Crippen LogP contribution in [0.2, 0.25) is 0 Å². The molecule has 0 saturated carbocycles. The first-order chi connectivity index (χ1) is 14.3. The maximum atomic E-state index is 5.72. The molecule has 7 nitrogen and oxygen atoms in total. The van der Waals surface area contributed by atoms with E-state index in [0.717, 1.165) is 24.0 Å². The first-order valence-electron chi connectivity index (χ1n) is 9.52. The molecule has 3 aromatic rings. The highest BCUT2D eigenvalue weighted by molar-refractivity contribution is 5.79. The van der Waals surface area contributed by atoms with Crippen molar-refractivity contribution in [1.82, 2.24) is 20.2 Å². The highest BCUT2D eigenvalue weighted by atomic mass is 16.5. The molecule has 0 fully saturated rings. The minimum Gasteiger partial charge on any atom is -0.497 e. The van der Waals surface area contributed by atoms with E-state index < -0.39 is 0 Å². The third-order valence-corrected chi connectivity index (χ3v) is 4.32. The Morgan fingerprint density at radius 2 is 1.86 bits per heavy atom. The van der Waals surface area contributed by atoms with Gasteiger partial charge in [-0.15, -0.1) is 0 Å². The van der Waals surface area contributed by atoms with Crippen LogP contribution >= 0.6 is 0 Å². The lowest BCUT2D eigenvalue weighted by molar-refractivity contribution is 0.321. The van der Waals surface area contributed by atoms with Crippen LogP contribution in [-0.2, 0) is 13.1 Å². The lowest BCUT2D eigenvalue weighted by Crippen LogP contribution is -2.38. The van der Waals surface area contributed by atoms with Gasteiger partial charge >= 0.3 is 0 Å². The van der Waals surface area contributed by atoms with Gasteiger partial charge in [-0.3, -0.25) is 4.99 Å². The van der Waals surface area contributed by atoms with E-state index in [2.05, 4.69) is 49.4 Å². The molecule has 0 aliphatic heterocycles. The number of nitrogens with one attached hydrogen (secondary N) is 2. The molecule has 0 saturated heterocycles. The number of ether oxygens (including phenoxy) is 2. The van der Waals surface area contributed by atoms with Gasteiger partial charge in [0.2, 0.25) is 0 Å². The van der Waals surface area contributed by atoms with Crippen LogP contribution in [0.3, 0.4) is 0 Å². The fraction of sp³-hybridized carbons (Fsp3) is 0.273. The van der Waals surface area contributed by atoms with Crippen LogP contribution in [0.15, 0.2) is 72.2 Å². The molecule has 152 valence electrons. The number of methoxy groups -OCH3 is 1. The Morgan fingerprint density at radius 3 is 2.59 bits per heavy atom. The molecule has 0 atom stereocenters. The quantitative estimate of drug-likeness (QED) is 0.332. The van der Waals surface area contributed by atoms with E-state index in [0.29, 0.717) is 19.7 Å². The zero-order chi connectivity index (χ0) is 20.3. The van der Waals surface area contributed by atoms with Crippen LogP contribution in [-0.4, -0.2) is 42.8 Å². The number of hydrogen-bond acceptors (Lipinski definition) is 4. The summed E-state index contributed by atoms with van der Waals surface area (Å²) in [5.74, 6) is 2.36. The topological polar surface area (TPSA) is 72.7 Å². The Balaban J connectivity index is 1.40. The average Bonchev–Trinajstić information content (AvgIpc) is 3.27. The van der Waals surface area contributed by atoms with Crippen LogP contribution in [0.4, 0.5) is 0 Å². The van der Waals surface area contributed by atoms with Gasteiger partial charge in [0.25, 0.3) is 0 Å². The van der Waals surface area contributed by atoms with Crippen molar-refractivity contribution in [2.75, 3.05) is 27.3 Å². The number of rotatable bonds is 9. The predicted molar refractivity (Wildman–Crippen MR) is 114 cm³/mol. The average molecular weight is 393 g/mol. The number of guanidine groups is 1. The molecule has 29 heavy (non-hydrogen) atoms. The Hall–Kier alpha value is -3.48. The second-order valence-corrected chi connectivity index (χ2v) is 6.43. The molecule has 0 spiro atoms. The minimum atomic E-state index is 0.535. The van der Waals surface area contributed by atoms with Crippen LogP contribution < -0.4 is 20.1 Å². The van der Waals surface area contributed by atoms with Crippen molar-refractivity contribution in [3.8, 4) is 11.5 Å². The van der Waals surface area contributed by atoms with Gasteiger partial charge in [-0.2, -0.15) is 0 Å². The molecular weight excluding hydrogens is 366 g/mol. The number of nitrogens with zero attached hydrogens (tertiary/aromatic N) is 3. The van der Waals surface area contributed by atoms with Crippen LogP contribution in [0.25, 0.3) is 0 Å². The molecule has 0 aliphatic rings. The second kappa shape index (κ2) is 10.8. The molecule has 2 aromatic carbocycles. The zero-order valence-corrected chi connectivity index (χ0v) is 16.8. The first-order valence-corrected chi connectivity index (χ1v) is 9.52. The Labute approximate surface area is 171 Å². The molecule has 7 heteroatoms. The van der Waals surface area contributed by atoms with Crippen molar-refractivity contribution in [3.05, 3.63) is 78.4 Å². The largest absolute Gasteiger partial charge is 0.497 e. The van der Waals surface area contributed by atoms with E-state index in [9.17, 15) is 0 Å². The summed E-state index contributed by atoms with van der Waals surface area (Å²) in [4.78, 5) is 8.35. The standard InChI is InChI=1S/C22H27N5O2/c1-23-22(25-11-13-29-21-8-6-20(28-2)7-9-21)26-15-18-4-3-5-19(14-18)16-27-12-10-24-17-27/h3-10,12,14,17H,11,13,15-16H2,1-2H3,(H2,23,25,26). The Kier molecular flexibility index (Phi) is 7.51. The lowest BCUT2D eigenvalue weighted by Gasteiger charge is -2.13. The number of aromatic nitrogens is 2. The summed E-state index contributed by atoms with van der Waals surface area (Å²) in [6.07, 6.45) is 5.58. The Morgan fingerprint density at radius 1 is 1.07 bits per heavy atom. The normalized spacial score (nSPS) is 11.2. The fourth-order valence-electron chi connectivity index (χ4n) is 2.85. The van der Waals surface area contributed by atoms with E-state index in [1.54, 1.807) is 20.4 Å². The predicted octanol–water partition coefficient (Wildman–Crippen LogP) is 2.68. The minimum absolute atomic E-state index is 0.535. The Bertz CT molecular complexity index is 892. The second-order valence-electron chi connectivity index (χ2n) is 6.43. The van der Waals surface area contributed by atoms with Crippen LogP contribution in [0.5, 0.6) is 11.5 Å². The molecule has 0 bridgehead atoms. The molecule has 1 heterocycles. The summed E-state index contributed by atoms with van der Waals surface area (Å²) in [5.41, 5.74) is 2.43. The monoisotopic (exact) mass is 393 g/mol. The van der Waals surface area contributed by atoms with Crippen molar-refractivity contribution in [2.45, 2.75) is 13.1 Å². The van der Waals surface area contributed by atoms with Gasteiger partial charge in [-0.1, -0.05) is 24.3 Å². The summed E-state index contributed by atoms with van der Waals surface area (Å²) in [6, 6.07) is 16.0. The molecule has 3 rings (SSSR count). The summed E-state index contributed by atoms with van der Waals surface area (Å²) in [5, 5.41) is 6.59. The van der Waals surface area contributed by atoms with Gasteiger partial charge < -0.3 is 24.7 Å². The SMILES string of the molecule is CN=C(NCCOc1ccc(OC)cc1)NCc1cccc(Cn2ccnc2)c1. The van der Waals surface area contributed by atoms with Crippen molar-refractivity contribution >= 4 is 5.96 Å². The van der Waals surface area contributed by atoms with Crippen molar-refractivity contribution in [1.29, 1.82) is 0 Å². The third kappa shape index (κ3) is 6.57. The lowest BCUT2D eigenvalue weighted by atomic mass is 10.1. The van der Waals surface area contributed by atoms with Crippen LogP contribution in [0, 0.1) is 0 Å². The van der Waals surface area contributed by atoms with Gasteiger partial charge in [0.1, 0.15) is 18.1 Å². The van der Waals surface area contributed by atoms with E-state index in [1.807, 2.05) is 36.8 Å². The fourth-order valence-corrected chi connectivity index (χ4v) is 2.85. The summed E-state index contributed by atoms with van der Waals surface area (Å²) in [6.45, 7) is 2.68. The van der Waals surface area contributed by atoms with Crippen LogP contribution in [0.1, 0.15) is 11.1 Å². The summed E-state index contributed by atoms with van der Waals surface area (Å²) in [7, 11) is 3.41. The molecule has 1 aromatic heterocycles. The van der Waals surface area contributed by atoms with E-state index >= 15 is 0 Å². The smallest absolute Gasteiger partial charge is 0.191 e. The third-order valence-electron chi connectivity index (χ3n) is 4.32. The molecule has 0 amide bonds. The van der Waals surface area contributed by atoms with Gasteiger partial charge in [0, 0.05) is 32.5 Å². The summed E-state index contributed by atoms with van der Waals surface area (Å²) >= 11 is 0. The number of benzene rings is 2. The number of aliphatic imine (C=N–C) groups is 1. The molecule has 0 radical (unpaired) electrons. The zero-order valence-electron chi connectivity index (χ0n) is 16.8. The van der Waals surface area contributed by atoms with Crippen molar-refractivity contribution in [3.63, 3.8) is 0 Å².